The molecule has 0 fully saturated rings. The maximum Gasteiger partial charge on any atom is 0.505 e. The van der Waals surface area contributed by atoms with Crippen molar-refractivity contribution in [2.45, 2.75) is 40.0 Å². The molecule has 3 nitrogen and oxygen atoms in total. The first-order chi connectivity index (χ1) is 7.02. The zero-order valence-corrected chi connectivity index (χ0v) is 9.75. The van der Waals surface area contributed by atoms with Crippen LogP contribution in [0, 0.1) is 0 Å². The van der Waals surface area contributed by atoms with Crippen LogP contribution in [0.3, 0.4) is 0 Å². The van der Waals surface area contributed by atoms with Gasteiger partial charge in [-0.1, -0.05) is 23.3 Å². The molecule has 0 aliphatic rings. The van der Waals surface area contributed by atoms with Crippen LogP contribution in [0.5, 0.6) is 0 Å². The number of hydrogen-bond acceptors (Lipinski definition) is 2. The summed E-state index contributed by atoms with van der Waals surface area (Å²) in [6.07, 6.45) is 5.76. The van der Waals surface area contributed by atoms with Gasteiger partial charge in [0.25, 0.3) is 0 Å². The van der Waals surface area contributed by atoms with Gasteiger partial charge in [-0.3, -0.25) is 0 Å². The lowest BCUT2D eigenvalue weighted by atomic mass is 10.1. The Labute approximate surface area is 91.4 Å². The van der Waals surface area contributed by atoms with Gasteiger partial charge >= 0.3 is 6.16 Å². The SMILES string of the molecule is CC(C)=CCC/C(C)=C/CCOC(=O)O. The van der Waals surface area contributed by atoms with Crippen molar-refractivity contribution < 1.29 is 14.6 Å². The van der Waals surface area contributed by atoms with E-state index in [1.807, 2.05) is 6.08 Å². The standard InChI is InChI=1S/C12H20O3/c1-10(2)6-4-7-11(3)8-5-9-15-12(13)14/h6,8H,4-5,7,9H2,1-3H3,(H,13,14)/b11-8+. The van der Waals surface area contributed by atoms with Crippen molar-refractivity contribution in [3.05, 3.63) is 23.3 Å². The first kappa shape index (κ1) is 13.8. The van der Waals surface area contributed by atoms with Gasteiger partial charge in [0.15, 0.2) is 0 Å². The molecular weight excluding hydrogens is 192 g/mol. The smallest absolute Gasteiger partial charge is 0.450 e. The van der Waals surface area contributed by atoms with E-state index < -0.39 is 6.16 Å². The number of hydrogen-bond donors (Lipinski definition) is 1. The average Bonchev–Trinajstić information content (AvgIpc) is 2.11. The molecule has 0 saturated carbocycles. The topological polar surface area (TPSA) is 46.5 Å². The molecule has 0 saturated heterocycles. The van der Waals surface area contributed by atoms with E-state index in [0.29, 0.717) is 6.42 Å². The maximum atomic E-state index is 10.0. The Bertz CT molecular complexity index is 248. The molecule has 1 N–H and O–H groups in total. The lowest BCUT2D eigenvalue weighted by Crippen LogP contribution is -2.00. The largest absolute Gasteiger partial charge is 0.505 e. The van der Waals surface area contributed by atoms with Crippen LogP contribution in [0.15, 0.2) is 23.3 Å². The molecule has 86 valence electrons. The molecule has 3 heteroatoms. The van der Waals surface area contributed by atoms with E-state index in [-0.39, 0.29) is 6.61 Å². The van der Waals surface area contributed by atoms with Crippen molar-refractivity contribution in [2.75, 3.05) is 6.61 Å². The first-order valence-electron chi connectivity index (χ1n) is 5.17. The van der Waals surface area contributed by atoms with E-state index in [9.17, 15) is 4.79 Å². The maximum absolute atomic E-state index is 10.0. The second kappa shape index (κ2) is 8.09. The third-order valence-corrected chi connectivity index (χ3v) is 1.93. The van der Waals surface area contributed by atoms with Crippen molar-refractivity contribution in [2.24, 2.45) is 0 Å². The average molecular weight is 212 g/mol. The van der Waals surface area contributed by atoms with E-state index >= 15 is 0 Å². The molecular formula is C12H20O3. The van der Waals surface area contributed by atoms with E-state index in [2.05, 4.69) is 31.6 Å². The van der Waals surface area contributed by atoms with Gasteiger partial charge in [-0.15, -0.1) is 0 Å². The van der Waals surface area contributed by atoms with Gasteiger partial charge in [0, 0.05) is 0 Å². The molecule has 0 unspecified atom stereocenters. The molecule has 0 rings (SSSR count). The molecule has 0 atom stereocenters. The van der Waals surface area contributed by atoms with Crippen LogP contribution in [-0.2, 0) is 4.74 Å². The van der Waals surface area contributed by atoms with Crippen LogP contribution in [0.1, 0.15) is 40.0 Å². The summed E-state index contributed by atoms with van der Waals surface area (Å²) in [6, 6.07) is 0. The highest BCUT2D eigenvalue weighted by Gasteiger charge is 1.94. The molecule has 0 aromatic rings. The van der Waals surface area contributed by atoms with Crippen LogP contribution >= 0.6 is 0 Å². The fourth-order valence-corrected chi connectivity index (χ4v) is 1.14. The summed E-state index contributed by atoms with van der Waals surface area (Å²) in [6.45, 7) is 6.47. The highest BCUT2D eigenvalue weighted by atomic mass is 16.7. The van der Waals surface area contributed by atoms with Gasteiger partial charge < -0.3 is 9.84 Å². The Morgan fingerprint density at radius 2 is 1.87 bits per heavy atom. The van der Waals surface area contributed by atoms with Gasteiger partial charge in [0.05, 0.1) is 6.61 Å². The highest BCUT2D eigenvalue weighted by molar-refractivity contribution is 5.56. The molecule has 0 spiro atoms. The van der Waals surface area contributed by atoms with Crippen LogP contribution in [0.25, 0.3) is 0 Å². The molecule has 15 heavy (non-hydrogen) atoms. The number of carboxylic acid groups (broad SMARTS) is 1. The third kappa shape index (κ3) is 10.7. The normalized spacial score (nSPS) is 11.0. The van der Waals surface area contributed by atoms with E-state index in [4.69, 9.17) is 5.11 Å². The van der Waals surface area contributed by atoms with Crippen molar-refractivity contribution in [3.8, 4) is 0 Å². The number of ether oxygens (including phenoxy) is 1. The molecule has 0 heterocycles. The highest BCUT2D eigenvalue weighted by Crippen LogP contribution is 2.07. The van der Waals surface area contributed by atoms with Crippen molar-refractivity contribution in [1.29, 1.82) is 0 Å². The summed E-state index contributed by atoms with van der Waals surface area (Å²) in [4.78, 5) is 10.0. The zero-order valence-electron chi connectivity index (χ0n) is 9.75. The lowest BCUT2D eigenvalue weighted by molar-refractivity contribution is 0.0932. The Kier molecular flexibility index (Phi) is 7.42. The molecule has 0 aromatic heterocycles. The molecule has 0 amide bonds. The Morgan fingerprint density at radius 1 is 1.20 bits per heavy atom. The molecule has 0 bridgehead atoms. The summed E-state index contributed by atoms with van der Waals surface area (Å²) in [7, 11) is 0. The fraction of sp³-hybridized carbons (Fsp3) is 0.583. The quantitative estimate of drug-likeness (QED) is 0.414. The predicted molar refractivity (Wildman–Crippen MR) is 61.0 cm³/mol. The minimum atomic E-state index is -1.20. The van der Waals surface area contributed by atoms with E-state index in [1.54, 1.807) is 0 Å². The minimum Gasteiger partial charge on any atom is -0.450 e. The molecule has 0 aliphatic heterocycles. The molecule has 0 radical (unpaired) electrons. The van der Waals surface area contributed by atoms with Gasteiger partial charge in [-0.25, -0.2) is 4.79 Å². The summed E-state index contributed by atoms with van der Waals surface area (Å²) in [5.74, 6) is 0. The molecule has 0 aromatic carbocycles. The summed E-state index contributed by atoms with van der Waals surface area (Å²) in [5, 5.41) is 8.23. The monoisotopic (exact) mass is 212 g/mol. The Morgan fingerprint density at radius 3 is 2.40 bits per heavy atom. The van der Waals surface area contributed by atoms with Crippen LogP contribution < -0.4 is 0 Å². The predicted octanol–water partition coefficient (Wildman–Crippen LogP) is 3.76. The third-order valence-electron chi connectivity index (χ3n) is 1.93. The van der Waals surface area contributed by atoms with Gasteiger partial charge in [-0.05, 0) is 40.0 Å². The van der Waals surface area contributed by atoms with Crippen LogP contribution in [0.2, 0.25) is 0 Å². The van der Waals surface area contributed by atoms with E-state index in [0.717, 1.165) is 12.8 Å². The first-order valence-corrected chi connectivity index (χ1v) is 5.17. The van der Waals surface area contributed by atoms with Crippen LogP contribution in [0.4, 0.5) is 4.79 Å². The zero-order chi connectivity index (χ0) is 11.7. The van der Waals surface area contributed by atoms with Crippen molar-refractivity contribution >= 4 is 6.16 Å². The minimum absolute atomic E-state index is 0.245. The Hall–Kier alpha value is -1.25. The number of rotatable bonds is 6. The van der Waals surface area contributed by atoms with E-state index in [1.165, 1.54) is 11.1 Å². The van der Waals surface area contributed by atoms with Gasteiger partial charge in [0.2, 0.25) is 0 Å². The second-order valence-electron chi connectivity index (χ2n) is 3.77. The number of carbonyl (C=O) groups is 1. The lowest BCUT2D eigenvalue weighted by Gasteiger charge is -2.00. The number of allylic oxidation sites excluding steroid dienone is 3. The summed E-state index contributed by atoms with van der Waals surface area (Å²) >= 11 is 0. The fourth-order valence-electron chi connectivity index (χ4n) is 1.14. The van der Waals surface area contributed by atoms with Crippen molar-refractivity contribution in [3.63, 3.8) is 0 Å². The second-order valence-corrected chi connectivity index (χ2v) is 3.77. The molecule has 0 aliphatic carbocycles. The van der Waals surface area contributed by atoms with Gasteiger partial charge in [-0.2, -0.15) is 0 Å². The van der Waals surface area contributed by atoms with Crippen LogP contribution in [-0.4, -0.2) is 17.9 Å². The van der Waals surface area contributed by atoms with Crippen molar-refractivity contribution in [1.82, 2.24) is 0 Å². The summed E-state index contributed by atoms with van der Waals surface area (Å²) < 4.78 is 4.40. The Balaban J connectivity index is 3.61. The summed E-state index contributed by atoms with van der Waals surface area (Å²) in [5.41, 5.74) is 2.61. The van der Waals surface area contributed by atoms with Gasteiger partial charge in [0.1, 0.15) is 0 Å².